The number of aromatic nitrogens is 2. The Hall–Kier alpha value is -3.06. The van der Waals surface area contributed by atoms with Gasteiger partial charge in [-0.15, -0.1) is 0 Å². The second kappa shape index (κ2) is 9.43. The number of nitrogens with zero attached hydrogens (tertiary/aromatic N) is 3. The summed E-state index contributed by atoms with van der Waals surface area (Å²) >= 11 is 0. The third-order valence-corrected chi connectivity index (χ3v) is 7.57. The molecule has 2 aliphatic heterocycles. The topological polar surface area (TPSA) is 50.2 Å². The zero-order chi connectivity index (χ0) is 25.5. The Morgan fingerprint density at radius 2 is 1.83 bits per heavy atom. The number of halogens is 2. The summed E-state index contributed by atoms with van der Waals surface area (Å²) in [6.07, 6.45) is 4.38. The van der Waals surface area contributed by atoms with Gasteiger partial charge >= 0.3 is 0 Å². The lowest BCUT2D eigenvalue weighted by molar-refractivity contribution is -0.144. The van der Waals surface area contributed by atoms with E-state index in [-0.39, 0.29) is 34.4 Å². The van der Waals surface area contributed by atoms with Crippen molar-refractivity contribution in [3.05, 3.63) is 77.8 Å². The normalized spacial score (nSPS) is 21.4. The first-order valence-electron chi connectivity index (χ1n) is 12.7. The monoisotopic (exact) mass is 492 g/mol. The van der Waals surface area contributed by atoms with Crippen molar-refractivity contribution in [2.75, 3.05) is 19.6 Å². The Kier molecular flexibility index (Phi) is 6.45. The Morgan fingerprint density at radius 3 is 2.50 bits per heavy atom. The van der Waals surface area contributed by atoms with Crippen molar-refractivity contribution in [3.8, 4) is 11.3 Å². The fourth-order valence-electron chi connectivity index (χ4n) is 5.81. The Balaban J connectivity index is 1.62. The minimum atomic E-state index is -0.331. The lowest BCUT2D eigenvalue weighted by Gasteiger charge is -2.47. The molecule has 5 rings (SSSR count). The summed E-state index contributed by atoms with van der Waals surface area (Å²) in [6, 6.07) is 12.6. The Bertz CT molecular complexity index is 1260. The van der Waals surface area contributed by atoms with E-state index in [4.69, 9.17) is 4.98 Å². The van der Waals surface area contributed by atoms with Gasteiger partial charge in [0.05, 0.1) is 11.7 Å². The number of carbonyl (C=O) groups excluding carboxylic acids is 1. The molecule has 1 N–H and O–H groups in total. The van der Waals surface area contributed by atoms with E-state index in [0.29, 0.717) is 30.8 Å². The van der Waals surface area contributed by atoms with E-state index in [1.165, 1.54) is 24.3 Å². The molecular formula is C29H34F2N4O. The van der Waals surface area contributed by atoms with Crippen LogP contribution in [0.2, 0.25) is 0 Å². The molecule has 3 aromatic rings. The second-order valence-electron chi connectivity index (χ2n) is 11.5. The largest absolute Gasteiger partial charge is 0.331 e. The number of hydrogen-bond donors (Lipinski definition) is 1. The summed E-state index contributed by atoms with van der Waals surface area (Å²) < 4.78 is 30.1. The van der Waals surface area contributed by atoms with Crippen LogP contribution in [0.15, 0.2) is 54.7 Å². The van der Waals surface area contributed by atoms with Crippen LogP contribution in [0.3, 0.4) is 0 Å². The molecule has 0 unspecified atom stereocenters. The van der Waals surface area contributed by atoms with Crippen LogP contribution in [-0.2, 0) is 11.3 Å². The first-order chi connectivity index (χ1) is 17.1. The highest BCUT2D eigenvalue weighted by atomic mass is 19.1. The van der Waals surface area contributed by atoms with Gasteiger partial charge in [-0.25, -0.2) is 13.8 Å². The van der Waals surface area contributed by atoms with Gasteiger partial charge in [0, 0.05) is 43.2 Å². The molecular weight excluding hydrogens is 458 g/mol. The second-order valence-corrected chi connectivity index (χ2v) is 11.5. The van der Waals surface area contributed by atoms with E-state index >= 15 is 0 Å². The van der Waals surface area contributed by atoms with Gasteiger partial charge in [0.25, 0.3) is 0 Å². The van der Waals surface area contributed by atoms with Crippen LogP contribution in [0, 0.1) is 22.5 Å². The Labute approximate surface area is 211 Å². The van der Waals surface area contributed by atoms with E-state index in [0.717, 1.165) is 37.3 Å². The van der Waals surface area contributed by atoms with E-state index < -0.39 is 0 Å². The molecule has 3 heterocycles. The van der Waals surface area contributed by atoms with Crippen molar-refractivity contribution in [1.29, 1.82) is 0 Å². The molecule has 0 radical (unpaired) electrons. The third-order valence-electron chi connectivity index (χ3n) is 7.57. The van der Waals surface area contributed by atoms with Crippen molar-refractivity contribution < 1.29 is 13.6 Å². The highest BCUT2D eigenvalue weighted by molar-refractivity contribution is 5.78. The summed E-state index contributed by atoms with van der Waals surface area (Å²) in [6.45, 7) is 9.35. The number of rotatable bonds is 5. The van der Waals surface area contributed by atoms with E-state index in [2.05, 4.69) is 26.1 Å². The van der Waals surface area contributed by atoms with Gasteiger partial charge in [0.1, 0.15) is 17.5 Å². The number of imidazole rings is 1. The molecule has 2 aliphatic rings. The zero-order valence-corrected chi connectivity index (χ0v) is 21.2. The molecule has 0 saturated carbocycles. The number of carbonyl (C=O) groups is 1. The van der Waals surface area contributed by atoms with Crippen molar-refractivity contribution >= 4 is 5.91 Å². The van der Waals surface area contributed by atoms with Crippen molar-refractivity contribution in [2.24, 2.45) is 10.8 Å². The van der Waals surface area contributed by atoms with Crippen LogP contribution in [0.25, 0.3) is 11.3 Å². The average molecular weight is 493 g/mol. The third kappa shape index (κ3) is 4.94. The molecule has 2 fully saturated rings. The summed E-state index contributed by atoms with van der Waals surface area (Å²) in [4.78, 5) is 20.4. The maximum absolute atomic E-state index is 14.1. The summed E-state index contributed by atoms with van der Waals surface area (Å²) in [7, 11) is 0. The minimum Gasteiger partial charge on any atom is -0.331 e. The molecule has 36 heavy (non-hydrogen) atoms. The fraction of sp³-hybridized carbons (Fsp3) is 0.448. The number of amides is 1. The van der Waals surface area contributed by atoms with Crippen LogP contribution in [0.5, 0.6) is 0 Å². The lowest BCUT2D eigenvalue weighted by Crippen LogP contribution is -2.52. The van der Waals surface area contributed by atoms with E-state index in [9.17, 15) is 13.6 Å². The van der Waals surface area contributed by atoms with Crippen molar-refractivity contribution in [1.82, 2.24) is 19.8 Å². The summed E-state index contributed by atoms with van der Waals surface area (Å²) in [5.74, 6) is 0.249. The number of benzene rings is 2. The highest BCUT2D eigenvalue weighted by Gasteiger charge is 2.46. The lowest BCUT2D eigenvalue weighted by atomic mass is 9.76. The van der Waals surface area contributed by atoms with Crippen LogP contribution < -0.4 is 5.32 Å². The maximum atomic E-state index is 14.1. The molecule has 190 valence electrons. The van der Waals surface area contributed by atoms with Crippen LogP contribution in [-0.4, -0.2) is 40.0 Å². The quantitative estimate of drug-likeness (QED) is 0.507. The van der Waals surface area contributed by atoms with Crippen LogP contribution >= 0.6 is 0 Å². The number of hydrogen-bond acceptors (Lipinski definition) is 3. The first-order valence-corrected chi connectivity index (χ1v) is 12.7. The van der Waals surface area contributed by atoms with Crippen molar-refractivity contribution in [2.45, 2.75) is 52.6 Å². The van der Waals surface area contributed by atoms with Crippen LogP contribution in [0.1, 0.15) is 57.5 Å². The molecule has 1 spiro atoms. The average Bonchev–Trinajstić information content (AvgIpc) is 3.43. The molecule has 1 amide bonds. The minimum absolute atomic E-state index is 0.0861. The number of piperidine rings is 1. The van der Waals surface area contributed by atoms with E-state index in [1.807, 2.05) is 27.8 Å². The molecule has 1 aromatic heterocycles. The predicted octanol–water partition coefficient (Wildman–Crippen LogP) is 5.57. The molecule has 2 atom stereocenters. The molecule has 2 aromatic carbocycles. The predicted molar refractivity (Wildman–Crippen MR) is 136 cm³/mol. The molecule has 2 saturated heterocycles. The van der Waals surface area contributed by atoms with Gasteiger partial charge in [-0.2, -0.15) is 0 Å². The standard InChI is InChI=1S/C29H34F2N4O/c1-28(2,3)26(35-19-29(11-10-25(35)36)12-13-32-18-29)27-33-24(21-7-5-9-23(31)15-21)17-34(27)16-20-6-4-8-22(30)14-20/h4-9,14-15,17,26,32H,10-13,16,18-19H2,1-3H3/t26-,29-/m0/s1. The Morgan fingerprint density at radius 1 is 1.08 bits per heavy atom. The van der Waals surface area contributed by atoms with Gasteiger partial charge in [0.15, 0.2) is 0 Å². The van der Waals surface area contributed by atoms with Gasteiger partial charge < -0.3 is 14.8 Å². The molecule has 5 nitrogen and oxygen atoms in total. The summed E-state index contributed by atoms with van der Waals surface area (Å²) in [5, 5.41) is 3.49. The molecule has 7 heteroatoms. The summed E-state index contributed by atoms with van der Waals surface area (Å²) in [5.41, 5.74) is 1.88. The number of nitrogens with one attached hydrogen (secondary N) is 1. The SMILES string of the molecule is CC(C)(C)[C@H](c1nc(-c2cccc(F)c2)cn1Cc1cccc(F)c1)N1C[C@]2(CCNC2)CCC1=O. The van der Waals surface area contributed by atoms with Crippen molar-refractivity contribution in [3.63, 3.8) is 0 Å². The first kappa shape index (κ1) is 24.6. The zero-order valence-electron chi connectivity index (χ0n) is 21.2. The number of likely N-dealkylation sites (tertiary alicyclic amines) is 1. The van der Waals surface area contributed by atoms with Gasteiger partial charge in [-0.05, 0) is 54.6 Å². The fourth-order valence-corrected chi connectivity index (χ4v) is 5.81. The van der Waals surface area contributed by atoms with Gasteiger partial charge in [-0.1, -0.05) is 45.0 Å². The van der Waals surface area contributed by atoms with Gasteiger partial charge in [0.2, 0.25) is 5.91 Å². The van der Waals surface area contributed by atoms with Crippen LogP contribution in [0.4, 0.5) is 8.78 Å². The van der Waals surface area contributed by atoms with Gasteiger partial charge in [-0.3, -0.25) is 4.79 Å². The maximum Gasteiger partial charge on any atom is 0.223 e. The molecule has 0 bridgehead atoms. The smallest absolute Gasteiger partial charge is 0.223 e. The van der Waals surface area contributed by atoms with E-state index in [1.54, 1.807) is 12.1 Å². The highest BCUT2D eigenvalue weighted by Crippen LogP contribution is 2.45. The molecule has 0 aliphatic carbocycles.